The first-order chi connectivity index (χ1) is 13.2. The quantitative estimate of drug-likeness (QED) is 0.723. The maximum atomic E-state index is 12.6. The highest BCUT2D eigenvalue weighted by Gasteiger charge is 2.22. The Kier molecular flexibility index (Phi) is 5.01. The first kappa shape index (κ1) is 17.8. The lowest BCUT2D eigenvalue weighted by atomic mass is 9.99. The van der Waals surface area contributed by atoms with Crippen LogP contribution < -0.4 is 10.1 Å². The van der Waals surface area contributed by atoms with E-state index in [4.69, 9.17) is 9.15 Å². The van der Waals surface area contributed by atoms with Crippen molar-refractivity contribution in [1.82, 2.24) is 4.90 Å². The molecule has 1 aliphatic heterocycles. The molecular weight excluding hydrogens is 344 g/mol. The molecule has 2 heterocycles. The normalized spacial score (nSPS) is 18.1. The van der Waals surface area contributed by atoms with Crippen molar-refractivity contribution in [2.45, 2.75) is 12.8 Å². The highest BCUT2D eigenvalue weighted by atomic mass is 16.5. The second-order valence-corrected chi connectivity index (χ2v) is 7.12. The van der Waals surface area contributed by atoms with Crippen LogP contribution in [0.3, 0.4) is 0 Å². The van der Waals surface area contributed by atoms with E-state index in [9.17, 15) is 9.90 Å². The van der Waals surface area contributed by atoms with Gasteiger partial charge in [-0.05, 0) is 37.4 Å². The van der Waals surface area contributed by atoms with Gasteiger partial charge < -0.3 is 19.6 Å². The van der Waals surface area contributed by atoms with Crippen LogP contribution in [-0.4, -0.2) is 49.3 Å². The molecule has 1 aromatic heterocycles. The minimum absolute atomic E-state index is 0.0950. The van der Waals surface area contributed by atoms with E-state index in [1.807, 2.05) is 36.4 Å². The van der Waals surface area contributed by atoms with Gasteiger partial charge in [0.1, 0.15) is 16.9 Å². The molecule has 27 heavy (non-hydrogen) atoms. The summed E-state index contributed by atoms with van der Waals surface area (Å²) < 4.78 is 11.4. The van der Waals surface area contributed by atoms with Gasteiger partial charge in [0.15, 0.2) is 0 Å². The topological polar surface area (TPSA) is 74.9 Å². The molecule has 4 rings (SSSR count). The Balaban J connectivity index is 1.55. The Hall–Kier alpha value is -2.57. The lowest BCUT2D eigenvalue weighted by molar-refractivity contribution is -0.117. The summed E-state index contributed by atoms with van der Waals surface area (Å²) in [6.45, 7) is 2.11. The van der Waals surface area contributed by atoms with Crippen molar-refractivity contribution in [1.29, 1.82) is 0 Å². The molecule has 0 bridgehead atoms. The van der Waals surface area contributed by atoms with Gasteiger partial charge in [-0.15, -0.1) is 0 Å². The molecule has 0 unspecified atom stereocenters. The molecule has 1 atom stereocenters. The molecule has 0 aliphatic carbocycles. The summed E-state index contributed by atoms with van der Waals surface area (Å²) in [7, 11) is 1.59. The van der Waals surface area contributed by atoms with Gasteiger partial charge in [-0.25, -0.2) is 0 Å². The first-order valence-corrected chi connectivity index (χ1v) is 9.30. The Morgan fingerprint density at radius 2 is 2.15 bits per heavy atom. The first-order valence-electron chi connectivity index (χ1n) is 9.30. The van der Waals surface area contributed by atoms with Crippen LogP contribution in [0.15, 0.2) is 40.8 Å². The van der Waals surface area contributed by atoms with Gasteiger partial charge in [0.05, 0.1) is 19.3 Å². The Morgan fingerprint density at radius 3 is 2.96 bits per heavy atom. The fourth-order valence-corrected chi connectivity index (χ4v) is 3.85. The molecule has 142 valence electrons. The SMILES string of the molecule is COc1cc2c(cc1NC(=O)CN1CCC[C@H](CO)C1)oc1ccccc12. The number of anilines is 1. The minimum Gasteiger partial charge on any atom is -0.495 e. The summed E-state index contributed by atoms with van der Waals surface area (Å²) in [6, 6.07) is 11.6. The maximum absolute atomic E-state index is 12.6. The summed E-state index contributed by atoms with van der Waals surface area (Å²) in [5.74, 6) is 0.768. The van der Waals surface area contributed by atoms with Crippen LogP contribution in [0.5, 0.6) is 5.75 Å². The van der Waals surface area contributed by atoms with Crippen LogP contribution in [0.25, 0.3) is 21.9 Å². The standard InChI is InChI=1S/C21H24N2O4/c1-26-20-9-16-15-6-2-3-7-18(15)27-19(16)10-17(20)22-21(25)12-23-8-4-5-14(11-23)13-24/h2-3,6-7,9-10,14,24H,4-5,8,11-13H2,1H3,(H,22,25)/t14-/m0/s1. The van der Waals surface area contributed by atoms with Crippen molar-refractivity contribution >= 4 is 33.5 Å². The van der Waals surface area contributed by atoms with Crippen LogP contribution >= 0.6 is 0 Å². The van der Waals surface area contributed by atoms with E-state index in [0.29, 0.717) is 23.6 Å². The summed E-state index contributed by atoms with van der Waals surface area (Å²) >= 11 is 0. The molecule has 6 heteroatoms. The van der Waals surface area contributed by atoms with Crippen LogP contribution in [0.1, 0.15) is 12.8 Å². The number of ether oxygens (including phenoxy) is 1. The molecule has 1 aliphatic rings. The molecule has 2 aromatic carbocycles. The van der Waals surface area contributed by atoms with E-state index in [0.717, 1.165) is 42.3 Å². The lowest BCUT2D eigenvalue weighted by Crippen LogP contribution is -2.41. The Bertz CT molecular complexity index is 965. The van der Waals surface area contributed by atoms with Crippen molar-refractivity contribution in [3.63, 3.8) is 0 Å². The van der Waals surface area contributed by atoms with Gasteiger partial charge in [-0.1, -0.05) is 18.2 Å². The van der Waals surface area contributed by atoms with E-state index < -0.39 is 0 Å². The van der Waals surface area contributed by atoms with Crippen LogP contribution in [0.4, 0.5) is 5.69 Å². The molecule has 3 aromatic rings. The number of rotatable bonds is 5. The number of likely N-dealkylation sites (tertiary alicyclic amines) is 1. The largest absolute Gasteiger partial charge is 0.495 e. The molecule has 0 spiro atoms. The fraction of sp³-hybridized carbons (Fsp3) is 0.381. The molecule has 1 amide bonds. The average Bonchev–Trinajstić information content (AvgIpc) is 3.04. The van der Waals surface area contributed by atoms with Gasteiger partial charge in [0.25, 0.3) is 0 Å². The van der Waals surface area contributed by atoms with Gasteiger partial charge in [-0.2, -0.15) is 0 Å². The third kappa shape index (κ3) is 3.63. The molecule has 1 fully saturated rings. The zero-order valence-electron chi connectivity index (χ0n) is 15.4. The number of aliphatic hydroxyl groups is 1. The number of methoxy groups -OCH3 is 1. The number of piperidine rings is 1. The van der Waals surface area contributed by atoms with Crippen molar-refractivity contribution in [2.24, 2.45) is 5.92 Å². The fourth-order valence-electron chi connectivity index (χ4n) is 3.85. The van der Waals surface area contributed by atoms with E-state index in [2.05, 4.69) is 10.2 Å². The predicted octanol–water partition coefficient (Wildman–Crippen LogP) is 3.24. The van der Waals surface area contributed by atoms with Crippen LogP contribution in [-0.2, 0) is 4.79 Å². The summed E-state index contributed by atoms with van der Waals surface area (Å²) in [5.41, 5.74) is 2.12. The third-order valence-corrected chi connectivity index (χ3v) is 5.20. The smallest absolute Gasteiger partial charge is 0.238 e. The number of furan rings is 1. The van der Waals surface area contributed by atoms with Crippen LogP contribution in [0, 0.1) is 5.92 Å². The van der Waals surface area contributed by atoms with Crippen molar-refractivity contribution in [3.8, 4) is 5.75 Å². The van der Waals surface area contributed by atoms with Gasteiger partial charge in [0, 0.05) is 30.0 Å². The molecule has 0 saturated carbocycles. The van der Waals surface area contributed by atoms with Crippen molar-refractivity contribution < 1.29 is 19.1 Å². The zero-order valence-corrected chi connectivity index (χ0v) is 15.4. The summed E-state index contributed by atoms with van der Waals surface area (Å²) in [4.78, 5) is 14.6. The number of aliphatic hydroxyl groups excluding tert-OH is 1. The molecule has 2 N–H and O–H groups in total. The Labute approximate surface area is 157 Å². The monoisotopic (exact) mass is 368 g/mol. The van der Waals surface area contributed by atoms with Crippen molar-refractivity contribution in [2.75, 3.05) is 38.7 Å². The number of carbonyl (C=O) groups is 1. The van der Waals surface area contributed by atoms with E-state index >= 15 is 0 Å². The number of carbonyl (C=O) groups excluding carboxylic acids is 1. The average molecular weight is 368 g/mol. The molecule has 0 radical (unpaired) electrons. The number of nitrogens with one attached hydrogen (secondary N) is 1. The Morgan fingerprint density at radius 1 is 1.30 bits per heavy atom. The number of benzene rings is 2. The van der Waals surface area contributed by atoms with E-state index in [1.165, 1.54) is 0 Å². The van der Waals surface area contributed by atoms with Gasteiger partial charge in [-0.3, -0.25) is 9.69 Å². The number of para-hydroxylation sites is 1. The number of hydrogen-bond acceptors (Lipinski definition) is 5. The second kappa shape index (κ2) is 7.58. The second-order valence-electron chi connectivity index (χ2n) is 7.12. The van der Waals surface area contributed by atoms with Crippen LogP contribution in [0.2, 0.25) is 0 Å². The molecule has 1 saturated heterocycles. The molecular formula is C21H24N2O4. The van der Waals surface area contributed by atoms with Gasteiger partial charge >= 0.3 is 0 Å². The number of fused-ring (bicyclic) bond motifs is 3. The highest BCUT2D eigenvalue weighted by Crippen LogP contribution is 2.36. The van der Waals surface area contributed by atoms with E-state index in [-0.39, 0.29) is 18.4 Å². The maximum Gasteiger partial charge on any atom is 0.238 e. The summed E-state index contributed by atoms with van der Waals surface area (Å²) in [6.07, 6.45) is 2.03. The van der Waals surface area contributed by atoms with Crippen molar-refractivity contribution in [3.05, 3.63) is 36.4 Å². The highest BCUT2D eigenvalue weighted by molar-refractivity contribution is 6.07. The molecule has 6 nitrogen and oxygen atoms in total. The minimum atomic E-state index is -0.0950. The third-order valence-electron chi connectivity index (χ3n) is 5.20. The number of nitrogens with zero attached hydrogens (tertiary/aromatic N) is 1. The zero-order chi connectivity index (χ0) is 18.8. The van der Waals surface area contributed by atoms with E-state index in [1.54, 1.807) is 7.11 Å². The number of amides is 1. The predicted molar refractivity (Wildman–Crippen MR) is 105 cm³/mol. The number of hydrogen-bond donors (Lipinski definition) is 2. The lowest BCUT2D eigenvalue weighted by Gasteiger charge is -2.31. The summed E-state index contributed by atoms with van der Waals surface area (Å²) in [5, 5.41) is 14.3. The van der Waals surface area contributed by atoms with Gasteiger partial charge in [0.2, 0.25) is 5.91 Å².